The average Bonchev–Trinajstić information content (AvgIpc) is 2.42. The highest BCUT2D eigenvalue weighted by Crippen LogP contribution is 2.46. The van der Waals surface area contributed by atoms with Crippen LogP contribution in [0.25, 0.3) is 0 Å². The van der Waals surface area contributed by atoms with Crippen LogP contribution in [-0.2, 0) is 0 Å². The largest absolute Gasteiger partial charge is 0.359 e. The van der Waals surface area contributed by atoms with Crippen molar-refractivity contribution in [1.82, 2.24) is 3.94 Å². The first kappa shape index (κ1) is 20.3. The Morgan fingerprint density at radius 3 is 1.21 bits per heavy atom. The maximum Gasteiger partial charge on any atom is 0.359 e. The summed E-state index contributed by atoms with van der Waals surface area (Å²) < 4.78 is 0.280. The summed E-state index contributed by atoms with van der Waals surface area (Å²) in [6, 6.07) is 4.62. The number of nitrogens with zero attached hydrogens (tertiary/aromatic N) is 2. The van der Waals surface area contributed by atoms with Gasteiger partial charge in [0.1, 0.15) is 0 Å². The molecule has 128 valence electrons. The average molecular weight is 488 g/mol. The molecule has 0 saturated heterocycles. The molecule has 0 radical (unpaired) electrons. The molecule has 0 aromatic heterocycles. The van der Waals surface area contributed by atoms with E-state index in [1.807, 2.05) is 0 Å². The zero-order chi connectivity index (χ0) is 18.2. The Kier molecular flexibility index (Phi) is 6.91. The molecule has 0 saturated carbocycles. The van der Waals surface area contributed by atoms with E-state index in [1.54, 1.807) is 0 Å². The van der Waals surface area contributed by atoms with E-state index in [-0.39, 0.29) is 45.4 Å². The number of halogens is 8. The Morgan fingerprint density at radius 1 is 0.667 bits per heavy atom. The van der Waals surface area contributed by atoms with Crippen molar-refractivity contribution in [3.05, 3.63) is 54.4 Å². The summed E-state index contributed by atoms with van der Waals surface area (Å²) in [6.45, 7) is 0. The first-order valence-corrected chi connectivity index (χ1v) is 8.82. The molecule has 0 spiro atoms. The van der Waals surface area contributed by atoms with Crippen LogP contribution in [0.2, 0.25) is 30.1 Å². The standard InChI is InChI=1S/C13H4Cl8N2O/c14-5-1-7(16)11(8(17)2-5)22(13(24)23(20)21)12-9(18)3-6(15)4-10(12)19/h1-4H. The molecule has 2 amide bonds. The minimum Gasteiger partial charge on any atom is -0.255 e. The van der Waals surface area contributed by atoms with Gasteiger partial charge in [0, 0.05) is 33.6 Å². The van der Waals surface area contributed by atoms with Crippen molar-refractivity contribution in [2.45, 2.75) is 0 Å². The summed E-state index contributed by atoms with van der Waals surface area (Å²) in [4.78, 5) is 13.5. The molecule has 0 heterocycles. The number of carbonyl (C=O) groups is 1. The first-order valence-electron chi connectivity index (χ1n) is 5.88. The predicted octanol–water partition coefficient (Wildman–Crippen LogP) is 8.47. The van der Waals surface area contributed by atoms with Gasteiger partial charge in [0.05, 0.1) is 31.5 Å². The number of hydrogen-bond donors (Lipinski definition) is 0. The number of amides is 2. The van der Waals surface area contributed by atoms with Gasteiger partial charge >= 0.3 is 6.03 Å². The van der Waals surface area contributed by atoms with E-state index in [0.717, 1.165) is 4.90 Å². The van der Waals surface area contributed by atoms with Crippen LogP contribution in [0.3, 0.4) is 0 Å². The number of carbonyl (C=O) groups excluding carboxylic acids is 1. The second kappa shape index (κ2) is 8.15. The van der Waals surface area contributed by atoms with Crippen LogP contribution < -0.4 is 4.90 Å². The zero-order valence-corrected chi connectivity index (χ0v) is 17.2. The van der Waals surface area contributed by atoms with E-state index >= 15 is 0 Å². The summed E-state index contributed by atoms with van der Waals surface area (Å²) in [7, 11) is 0. The quantitative estimate of drug-likeness (QED) is 0.390. The fourth-order valence-electron chi connectivity index (χ4n) is 1.88. The summed E-state index contributed by atoms with van der Waals surface area (Å²) in [5, 5.41) is 0.749. The Bertz CT molecular complexity index is 707. The highest BCUT2D eigenvalue weighted by Gasteiger charge is 2.30. The molecule has 0 aliphatic rings. The number of anilines is 2. The van der Waals surface area contributed by atoms with Gasteiger partial charge in [-0.15, -0.1) is 3.94 Å². The van der Waals surface area contributed by atoms with Crippen molar-refractivity contribution in [3.63, 3.8) is 0 Å². The Morgan fingerprint density at radius 2 is 0.958 bits per heavy atom. The highest BCUT2D eigenvalue weighted by atomic mass is 35.5. The lowest BCUT2D eigenvalue weighted by Gasteiger charge is -2.27. The zero-order valence-electron chi connectivity index (χ0n) is 11.1. The molecule has 11 heteroatoms. The van der Waals surface area contributed by atoms with E-state index in [1.165, 1.54) is 24.3 Å². The third-order valence-corrected chi connectivity index (χ3v) is 4.62. The van der Waals surface area contributed by atoms with Gasteiger partial charge in [-0.3, -0.25) is 4.90 Å². The van der Waals surface area contributed by atoms with Crippen molar-refractivity contribution in [1.29, 1.82) is 0 Å². The lowest BCUT2D eigenvalue weighted by atomic mass is 10.2. The summed E-state index contributed by atoms with van der Waals surface area (Å²) in [5.74, 6) is 0. The molecule has 24 heavy (non-hydrogen) atoms. The maximum absolute atomic E-state index is 12.5. The van der Waals surface area contributed by atoms with Gasteiger partial charge in [0.2, 0.25) is 0 Å². The van der Waals surface area contributed by atoms with Crippen LogP contribution in [0.4, 0.5) is 16.2 Å². The second-order valence-electron chi connectivity index (χ2n) is 4.29. The fourth-order valence-corrected chi connectivity index (χ4v) is 4.00. The number of rotatable bonds is 2. The van der Waals surface area contributed by atoms with Crippen LogP contribution in [0.15, 0.2) is 24.3 Å². The topological polar surface area (TPSA) is 23.6 Å². The normalized spacial score (nSPS) is 10.7. The van der Waals surface area contributed by atoms with Crippen molar-refractivity contribution in [3.8, 4) is 0 Å². The molecule has 0 aliphatic heterocycles. The Hall–Kier alpha value is 0.0300. The minimum absolute atomic E-state index is 0.0464. The molecule has 0 unspecified atom stereocenters. The van der Waals surface area contributed by atoms with E-state index in [0.29, 0.717) is 0 Å². The predicted molar refractivity (Wildman–Crippen MR) is 104 cm³/mol. The van der Waals surface area contributed by atoms with Crippen LogP contribution in [0.5, 0.6) is 0 Å². The Balaban J connectivity index is 2.80. The summed E-state index contributed by atoms with van der Waals surface area (Å²) in [5.41, 5.74) is 0.0929. The highest BCUT2D eigenvalue weighted by molar-refractivity contribution is 6.48. The van der Waals surface area contributed by atoms with Gasteiger partial charge in [-0.2, -0.15) is 0 Å². The monoisotopic (exact) mass is 484 g/mol. The third kappa shape index (κ3) is 4.22. The van der Waals surface area contributed by atoms with Gasteiger partial charge in [-0.1, -0.05) is 69.6 Å². The minimum atomic E-state index is -0.921. The lowest BCUT2D eigenvalue weighted by Crippen LogP contribution is -2.31. The number of urea groups is 1. The number of hydrogen-bond acceptors (Lipinski definition) is 1. The summed E-state index contributed by atoms with van der Waals surface area (Å²) in [6.07, 6.45) is 0. The molecule has 0 N–H and O–H groups in total. The van der Waals surface area contributed by atoms with Gasteiger partial charge in [0.25, 0.3) is 0 Å². The van der Waals surface area contributed by atoms with Gasteiger partial charge in [0.15, 0.2) is 0 Å². The number of benzene rings is 2. The van der Waals surface area contributed by atoms with Gasteiger partial charge in [-0.05, 0) is 24.3 Å². The maximum atomic E-state index is 12.5. The van der Waals surface area contributed by atoms with Crippen LogP contribution >= 0.6 is 93.2 Å². The van der Waals surface area contributed by atoms with E-state index in [4.69, 9.17) is 93.2 Å². The Labute approximate surface area is 177 Å². The third-order valence-electron chi connectivity index (χ3n) is 2.75. The lowest BCUT2D eigenvalue weighted by molar-refractivity contribution is 0.244. The molecule has 0 atom stereocenters. The molecular weight excluding hydrogens is 484 g/mol. The van der Waals surface area contributed by atoms with Crippen molar-refractivity contribution in [2.24, 2.45) is 0 Å². The van der Waals surface area contributed by atoms with Crippen molar-refractivity contribution >= 4 is 111 Å². The van der Waals surface area contributed by atoms with Crippen molar-refractivity contribution < 1.29 is 4.79 Å². The molecule has 2 aromatic rings. The SMILES string of the molecule is O=C(N(Cl)Cl)N(c1c(Cl)cc(Cl)cc1Cl)c1c(Cl)cc(Cl)cc1Cl. The molecule has 0 aliphatic carbocycles. The molecule has 2 rings (SSSR count). The molecule has 2 aromatic carbocycles. The molecule has 0 fully saturated rings. The fraction of sp³-hybridized carbons (Fsp3) is 0. The molecule has 0 bridgehead atoms. The van der Waals surface area contributed by atoms with Crippen LogP contribution in [-0.4, -0.2) is 9.97 Å². The van der Waals surface area contributed by atoms with Gasteiger partial charge < -0.3 is 0 Å². The first-order chi connectivity index (χ1) is 11.1. The van der Waals surface area contributed by atoms with Crippen LogP contribution in [0.1, 0.15) is 0 Å². The van der Waals surface area contributed by atoms with Gasteiger partial charge in [-0.25, -0.2) is 4.79 Å². The van der Waals surface area contributed by atoms with E-state index in [9.17, 15) is 4.79 Å². The molecule has 3 nitrogen and oxygen atoms in total. The van der Waals surface area contributed by atoms with E-state index < -0.39 is 6.03 Å². The molecular formula is C13H4Cl8N2O. The van der Waals surface area contributed by atoms with Crippen molar-refractivity contribution in [2.75, 3.05) is 4.90 Å². The van der Waals surface area contributed by atoms with E-state index in [2.05, 4.69) is 0 Å². The smallest absolute Gasteiger partial charge is 0.255 e. The second-order valence-corrected chi connectivity index (χ2v) is 7.64. The van der Waals surface area contributed by atoms with Crippen LogP contribution in [0, 0.1) is 0 Å². The summed E-state index contributed by atoms with van der Waals surface area (Å²) >= 11 is 47.7.